The maximum Gasteiger partial charge on any atom is 0.252 e. The summed E-state index contributed by atoms with van der Waals surface area (Å²) < 4.78 is 0. The van der Waals surface area contributed by atoms with Crippen LogP contribution in [0.15, 0.2) is 35.1 Å². The number of aromatic nitrogens is 2. The lowest BCUT2D eigenvalue weighted by atomic mass is 10.1. The van der Waals surface area contributed by atoms with Crippen molar-refractivity contribution in [2.75, 3.05) is 5.32 Å². The van der Waals surface area contributed by atoms with Gasteiger partial charge >= 0.3 is 0 Å². The minimum atomic E-state index is -0.119. The minimum Gasteiger partial charge on any atom is -0.326 e. The average Bonchev–Trinajstić information content (AvgIpc) is 2.39. The van der Waals surface area contributed by atoms with Crippen molar-refractivity contribution in [2.24, 2.45) is 0 Å². The van der Waals surface area contributed by atoms with Crippen molar-refractivity contribution in [1.29, 1.82) is 0 Å². The van der Waals surface area contributed by atoms with Gasteiger partial charge in [-0.05, 0) is 30.5 Å². The molecule has 2 N–H and O–H groups in total. The molecule has 0 fully saturated rings. The van der Waals surface area contributed by atoms with E-state index in [2.05, 4.69) is 41.3 Å². The topological polar surface area (TPSA) is 57.8 Å². The van der Waals surface area contributed by atoms with Crippen LogP contribution in [-0.4, -0.2) is 9.97 Å². The van der Waals surface area contributed by atoms with Crippen LogP contribution in [0.1, 0.15) is 31.5 Å². The molecule has 4 nitrogen and oxygen atoms in total. The minimum absolute atomic E-state index is 0.119. The van der Waals surface area contributed by atoms with Gasteiger partial charge in [0.25, 0.3) is 5.56 Å². The number of aryl methyl sites for hydroxylation is 2. The van der Waals surface area contributed by atoms with Crippen molar-refractivity contribution in [3.8, 4) is 0 Å². The van der Waals surface area contributed by atoms with Gasteiger partial charge in [-0.2, -0.15) is 0 Å². The summed E-state index contributed by atoms with van der Waals surface area (Å²) in [4.78, 5) is 18.6. The van der Waals surface area contributed by atoms with Gasteiger partial charge in [-0.25, -0.2) is 4.98 Å². The summed E-state index contributed by atoms with van der Waals surface area (Å²) in [7, 11) is 0. The van der Waals surface area contributed by atoms with Gasteiger partial charge in [-0.1, -0.05) is 32.4 Å². The molecular formula is C15H19N3O. The van der Waals surface area contributed by atoms with Crippen molar-refractivity contribution in [3.63, 3.8) is 0 Å². The van der Waals surface area contributed by atoms with E-state index in [0.29, 0.717) is 5.95 Å². The summed E-state index contributed by atoms with van der Waals surface area (Å²) in [5, 5.41) is 3.13. The SMILES string of the molecule is CCCc1cc(=O)[nH]c(Nc2ccc(CC)cc2)n1. The van der Waals surface area contributed by atoms with Crippen LogP contribution >= 0.6 is 0 Å². The van der Waals surface area contributed by atoms with Crippen LogP contribution in [0.5, 0.6) is 0 Å². The number of nitrogens with zero attached hydrogens (tertiary/aromatic N) is 1. The van der Waals surface area contributed by atoms with Crippen LogP contribution in [-0.2, 0) is 12.8 Å². The highest BCUT2D eigenvalue weighted by Crippen LogP contribution is 2.13. The zero-order valence-electron chi connectivity index (χ0n) is 11.4. The molecule has 0 unspecified atom stereocenters. The Labute approximate surface area is 112 Å². The van der Waals surface area contributed by atoms with Crippen LogP contribution in [0, 0.1) is 0 Å². The Morgan fingerprint density at radius 3 is 2.58 bits per heavy atom. The van der Waals surface area contributed by atoms with Crippen molar-refractivity contribution < 1.29 is 0 Å². The molecule has 1 aromatic heterocycles. The Morgan fingerprint density at radius 1 is 1.21 bits per heavy atom. The lowest BCUT2D eigenvalue weighted by molar-refractivity contribution is 0.870. The summed E-state index contributed by atoms with van der Waals surface area (Å²) >= 11 is 0. The van der Waals surface area contributed by atoms with Crippen molar-refractivity contribution in [3.05, 3.63) is 51.9 Å². The first-order valence-corrected chi connectivity index (χ1v) is 6.67. The number of H-pyrrole nitrogens is 1. The molecule has 0 bridgehead atoms. The van der Waals surface area contributed by atoms with E-state index >= 15 is 0 Å². The van der Waals surface area contributed by atoms with E-state index in [-0.39, 0.29) is 5.56 Å². The highest BCUT2D eigenvalue weighted by molar-refractivity contribution is 5.53. The fourth-order valence-electron chi connectivity index (χ4n) is 1.91. The van der Waals surface area contributed by atoms with E-state index in [0.717, 1.165) is 30.6 Å². The molecule has 0 aliphatic carbocycles. The number of hydrogen-bond acceptors (Lipinski definition) is 3. The van der Waals surface area contributed by atoms with Gasteiger partial charge in [0.05, 0.1) is 0 Å². The van der Waals surface area contributed by atoms with Crippen LogP contribution in [0.2, 0.25) is 0 Å². The molecule has 0 saturated carbocycles. The number of aromatic amines is 1. The van der Waals surface area contributed by atoms with Gasteiger partial charge in [-0.15, -0.1) is 0 Å². The Hall–Kier alpha value is -2.10. The lowest BCUT2D eigenvalue weighted by Crippen LogP contribution is -2.12. The third kappa shape index (κ3) is 3.68. The largest absolute Gasteiger partial charge is 0.326 e. The predicted molar refractivity (Wildman–Crippen MR) is 78.0 cm³/mol. The summed E-state index contributed by atoms with van der Waals surface area (Å²) in [6, 6.07) is 9.66. The van der Waals surface area contributed by atoms with Gasteiger partial charge in [0.15, 0.2) is 0 Å². The molecule has 0 radical (unpaired) electrons. The molecule has 0 aliphatic rings. The number of hydrogen-bond donors (Lipinski definition) is 2. The summed E-state index contributed by atoms with van der Waals surface area (Å²) in [5.74, 6) is 0.500. The molecule has 0 amide bonds. The third-order valence-corrected chi connectivity index (χ3v) is 2.93. The molecular weight excluding hydrogens is 238 g/mol. The van der Waals surface area contributed by atoms with Gasteiger partial charge in [-0.3, -0.25) is 9.78 Å². The standard InChI is InChI=1S/C15H19N3O/c1-3-5-13-10-14(19)18-15(17-13)16-12-8-6-11(4-2)7-9-12/h6-10H,3-5H2,1-2H3,(H2,16,17,18,19). The van der Waals surface area contributed by atoms with Crippen LogP contribution in [0.4, 0.5) is 11.6 Å². The molecule has 0 atom stereocenters. The van der Waals surface area contributed by atoms with Crippen molar-refractivity contribution >= 4 is 11.6 Å². The maximum absolute atomic E-state index is 11.5. The van der Waals surface area contributed by atoms with Crippen LogP contribution in [0.25, 0.3) is 0 Å². The number of nitrogens with one attached hydrogen (secondary N) is 2. The highest BCUT2D eigenvalue weighted by Gasteiger charge is 2.01. The van der Waals surface area contributed by atoms with Crippen molar-refractivity contribution in [1.82, 2.24) is 9.97 Å². The third-order valence-electron chi connectivity index (χ3n) is 2.93. The monoisotopic (exact) mass is 257 g/mol. The summed E-state index contributed by atoms with van der Waals surface area (Å²) in [6.07, 6.45) is 2.80. The average molecular weight is 257 g/mol. The first-order chi connectivity index (χ1) is 9.21. The van der Waals surface area contributed by atoms with Gasteiger partial charge < -0.3 is 5.32 Å². The van der Waals surface area contributed by atoms with E-state index < -0.39 is 0 Å². The summed E-state index contributed by atoms with van der Waals surface area (Å²) in [5.41, 5.74) is 2.91. The first-order valence-electron chi connectivity index (χ1n) is 6.67. The smallest absolute Gasteiger partial charge is 0.252 e. The Bertz CT molecular complexity index is 587. The first kappa shape index (κ1) is 13.3. The second-order valence-electron chi connectivity index (χ2n) is 4.51. The van der Waals surface area contributed by atoms with E-state index in [4.69, 9.17) is 0 Å². The Morgan fingerprint density at radius 2 is 1.95 bits per heavy atom. The lowest BCUT2D eigenvalue weighted by Gasteiger charge is -2.07. The molecule has 0 aliphatic heterocycles. The molecule has 2 aromatic rings. The maximum atomic E-state index is 11.5. The second kappa shape index (κ2) is 6.18. The fourth-order valence-corrected chi connectivity index (χ4v) is 1.91. The van der Waals surface area contributed by atoms with E-state index in [1.54, 1.807) is 6.07 Å². The molecule has 19 heavy (non-hydrogen) atoms. The normalized spacial score (nSPS) is 10.4. The zero-order valence-corrected chi connectivity index (χ0v) is 11.4. The number of anilines is 2. The van der Waals surface area contributed by atoms with E-state index in [9.17, 15) is 4.79 Å². The van der Waals surface area contributed by atoms with E-state index in [1.807, 2.05) is 12.1 Å². The molecule has 1 aromatic carbocycles. The highest BCUT2D eigenvalue weighted by atomic mass is 16.1. The van der Waals surface area contributed by atoms with Crippen molar-refractivity contribution in [2.45, 2.75) is 33.1 Å². The van der Waals surface area contributed by atoms with Crippen LogP contribution < -0.4 is 10.9 Å². The molecule has 2 rings (SSSR count). The predicted octanol–water partition coefficient (Wildman–Crippen LogP) is 3.03. The molecule has 0 saturated heterocycles. The van der Waals surface area contributed by atoms with Gasteiger partial charge in [0.1, 0.15) is 0 Å². The second-order valence-corrected chi connectivity index (χ2v) is 4.51. The molecule has 100 valence electrons. The van der Waals surface area contributed by atoms with Gasteiger partial charge in [0.2, 0.25) is 5.95 Å². The Kier molecular flexibility index (Phi) is 4.34. The number of benzene rings is 1. The Balaban J connectivity index is 2.19. The van der Waals surface area contributed by atoms with E-state index in [1.165, 1.54) is 5.56 Å². The summed E-state index contributed by atoms with van der Waals surface area (Å²) in [6.45, 7) is 4.19. The number of rotatable bonds is 5. The zero-order chi connectivity index (χ0) is 13.7. The fraction of sp³-hybridized carbons (Fsp3) is 0.333. The van der Waals surface area contributed by atoms with Crippen LogP contribution in [0.3, 0.4) is 0 Å². The van der Waals surface area contributed by atoms with Gasteiger partial charge in [0, 0.05) is 17.4 Å². The quantitative estimate of drug-likeness (QED) is 0.865. The molecule has 0 spiro atoms. The molecule has 1 heterocycles. The molecule has 4 heteroatoms.